The van der Waals surface area contributed by atoms with Gasteiger partial charge in [0.1, 0.15) is 18.5 Å². The van der Waals surface area contributed by atoms with Crippen molar-refractivity contribution in [3.8, 4) is 5.75 Å². The van der Waals surface area contributed by atoms with Crippen LogP contribution in [0.5, 0.6) is 5.75 Å². The lowest BCUT2D eigenvalue weighted by Crippen LogP contribution is -2.28. The second kappa shape index (κ2) is 8.09. The van der Waals surface area contributed by atoms with Crippen molar-refractivity contribution in [2.24, 2.45) is 0 Å². The van der Waals surface area contributed by atoms with Crippen LogP contribution in [0.2, 0.25) is 0 Å². The van der Waals surface area contributed by atoms with Crippen LogP contribution in [0, 0.1) is 6.92 Å². The third-order valence-electron chi connectivity index (χ3n) is 3.56. The molecule has 2 aromatic rings. The lowest BCUT2D eigenvalue weighted by molar-refractivity contribution is -0.137. The summed E-state index contributed by atoms with van der Waals surface area (Å²) in [5, 5.41) is 9.87. The third kappa shape index (κ3) is 6.34. The Kier molecular flexibility index (Phi) is 6.30. The van der Waals surface area contributed by atoms with Crippen molar-refractivity contribution in [3.05, 3.63) is 65.2 Å². The molecule has 1 unspecified atom stereocenters. The van der Waals surface area contributed by atoms with Crippen LogP contribution < -0.4 is 4.74 Å². The molecular formula is C18H19F3O4S. The van der Waals surface area contributed by atoms with Crippen molar-refractivity contribution < 1.29 is 31.4 Å². The Morgan fingerprint density at radius 1 is 1.12 bits per heavy atom. The van der Waals surface area contributed by atoms with E-state index in [4.69, 9.17) is 4.74 Å². The minimum absolute atomic E-state index is 0.0881. The van der Waals surface area contributed by atoms with E-state index in [1.807, 2.05) is 6.92 Å². The Morgan fingerprint density at radius 3 is 2.38 bits per heavy atom. The normalized spacial score (nSPS) is 13.4. The maximum absolute atomic E-state index is 12.6. The number of ether oxygens (including phenoxy) is 1. The van der Waals surface area contributed by atoms with Crippen LogP contribution >= 0.6 is 0 Å². The number of sulfone groups is 1. The topological polar surface area (TPSA) is 63.6 Å². The number of benzene rings is 2. The summed E-state index contributed by atoms with van der Waals surface area (Å²) in [6, 6.07) is 11.1. The monoisotopic (exact) mass is 388 g/mol. The predicted molar refractivity (Wildman–Crippen MR) is 91.6 cm³/mol. The molecule has 0 bridgehead atoms. The van der Waals surface area contributed by atoms with Crippen molar-refractivity contribution in [2.45, 2.75) is 25.0 Å². The van der Waals surface area contributed by atoms with Gasteiger partial charge in [0.15, 0.2) is 9.84 Å². The van der Waals surface area contributed by atoms with Crippen LogP contribution in [0.1, 0.15) is 16.7 Å². The highest BCUT2D eigenvalue weighted by atomic mass is 32.2. The summed E-state index contributed by atoms with van der Waals surface area (Å²) < 4.78 is 67.3. The van der Waals surface area contributed by atoms with Crippen molar-refractivity contribution in [1.29, 1.82) is 0 Å². The molecule has 0 radical (unpaired) electrons. The fraction of sp³-hybridized carbons (Fsp3) is 0.333. The maximum atomic E-state index is 12.6. The van der Waals surface area contributed by atoms with E-state index in [0.29, 0.717) is 5.56 Å². The zero-order chi connectivity index (χ0) is 19.4. The van der Waals surface area contributed by atoms with Crippen molar-refractivity contribution in [2.75, 3.05) is 12.4 Å². The maximum Gasteiger partial charge on any atom is 0.416 e. The highest BCUT2D eigenvalue weighted by Gasteiger charge is 2.30. The van der Waals surface area contributed by atoms with Gasteiger partial charge in [-0.05, 0) is 30.7 Å². The van der Waals surface area contributed by atoms with Crippen molar-refractivity contribution in [1.82, 2.24) is 0 Å². The minimum atomic E-state index is -4.50. The van der Waals surface area contributed by atoms with Gasteiger partial charge in [0.25, 0.3) is 0 Å². The van der Waals surface area contributed by atoms with Gasteiger partial charge in [-0.25, -0.2) is 8.42 Å². The molecular weight excluding hydrogens is 369 g/mol. The first kappa shape index (κ1) is 20.3. The van der Waals surface area contributed by atoms with E-state index in [1.54, 1.807) is 24.3 Å². The van der Waals surface area contributed by atoms with E-state index in [-0.39, 0.29) is 11.5 Å². The van der Waals surface area contributed by atoms with Crippen LogP contribution in [0.15, 0.2) is 48.5 Å². The Bertz CT molecular complexity index is 830. The molecule has 0 saturated carbocycles. The SMILES string of the molecule is Cc1ccc(CS(=O)(=O)CC(O)COc2cccc(C(F)(F)F)c2)cc1. The number of rotatable bonds is 7. The van der Waals surface area contributed by atoms with Crippen molar-refractivity contribution in [3.63, 3.8) is 0 Å². The summed E-state index contributed by atoms with van der Waals surface area (Å²) in [7, 11) is -3.59. The van der Waals surface area contributed by atoms with Gasteiger partial charge in [0.05, 0.1) is 17.1 Å². The quantitative estimate of drug-likeness (QED) is 0.790. The summed E-state index contributed by atoms with van der Waals surface area (Å²) in [5.41, 5.74) is 0.721. The Labute approximate surface area is 150 Å². The first-order valence-electron chi connectivity index (χ1n) is 7.79. The predicted octanol–water partition coefficient (Wildman–Crippen LogP) is 3.37. The van der Waals surface area contributed by atoms with E-state index in [1.165, 1.54) is 12.1 Å². The van der Waals surface area contributed by atoms with Crippen LogP contribution in [0.4, 0.5) is 13.2 Å². The van der Waals surface area contributed by atoms with Gasteiger partial charge in [-0.2, -0.15) is 13.2 Å². The van der Waals surface area contributed by atoms with Gasteiger partial charge in [-0.3, -0.25) is 0 Å². The van der Waals surface area contributed by atoms with E-state index in [0.717, 1.165) is 17.7 Å². The molecule has 1 atom stereocenters. The third-order valence-corrected chi connectivity index (χ3v) is 5.22. The molecule has 2 rings (SSSR count). The van der Waals surface area contributed by atoms with Crippen LogP contribution in [-0.2, 0) is 21.8 Å². The van der Waals surface area contributed by atoms with Crippen LogP contribution in [0.25, 0.3) is 0 Å². The zero-order valence-corrected chi connectivity index (χ0v) is 14.8. The summed E-state index contributed by atoms with van der Waals surface area (Å²) in [4.78, 5) is 0. The van der Waals surface area contributed by atoms with Gasteiger partial charge in [-0.1, -0.05) is 35.9 Å². The fourth-order valence-electron chi connectivity index (χ4n) is 2.29. The lowest BCUT2D eigenvalue weighted by atomic mass is 10.2. The number of alkyl halides is 3. The standard InChI is InChI=1S/C18H19F3O4S/c1-13-5-7-14(8-6-13)11-26(23,24)12-16(22)10-25-17-4-2-3-15(9-17)18(19,20)21/h2-9,16,22H,10-12H2,1H3. The number of hydrogen-bond acceptors (Lipinski definition) is 4. The summed E-state index contributed by atoms with van der Waals surface area (Å²) in [5.74, 6) is -0.858. The fourth-order valence-corrected chi connectivity index (χ4v) is 3.79. The second-order valence-corrected chi connectivity index (χ2v) is 8.14. The van der Waals surface area contributed by atoms with Gasteiger partial charge in [-0.15, -0.1) is 0 Å². The molecule has 26 heavy (non-hydrogen) atoms. The van der Waals surface area contributed by atoms with Crippen LogP contribution in [-0.4, -0.2) is 32.0 Å². The Balaban J connectivity index is 1.91. The number of halogens is 3. The van der Waals surface area contributed by atoms with Gasteiger partial charge >= 0.3 is 6.18 Å². The molecule has 4 nitrogen and oxygen atoms in total. The van der Waals surface area contributed by atoms with Gasteiger partial charge < -0.3 is 9.84 Å². The largest absolute Gasteiger partial charge is 0.491 e. The second-order valence-electron chi connectivity index (χ2n) is 6.03. The summed E-state index contributed by atoms with van der Waals surface area (Å²) in [6.45, 7) is 1.46. The Morgan fingerprint density at radius 2 is 1.77 bits per heavy atom. The molecule has 0 aliphatic carbocycles. The number of hydrogen-bond donors (Lipinski definition) is 1. The molecule has 142 valence electrons. The number of aryl methyl sites for hydroxylation is 1. The molecule has 0 fully saturated rings. The smallest absolute Gasteiger partial charge is 0.416 e. The Hall–Kier alpha value is -2.06. The number of aliphatic hydroxyl groups excluding tert-OH is 1. The highest BCUT2D eigenvalue weighted by Crippen LogP contribution is 2.31. The molecule has 0 spiro atoms. The van der Waals surface area contributed by atoms with Gasteiger partial charge in [0.2, 0.25) is 0 Å². The molecule has 2 aromatic carbocycles. The molecule has 0 aliphatic rings. The highest BCUT2D eigenvalue weighted by molar-refractivity contribution is 7.90. The molecule has 0 saturated heterocycles. The molecule has 8 heteroatoms. The van der Waals surface area contributed by atoms with E-state index in [2.05, 4.69) is 0 Å². The summed E-state index contributed by atoms with van der Waals surface area (Å²) in [6.07, 6.45) is -5.85. The zero-order valence-electron chi connectivity index (χ0n) is 14.0. The molecule has 0 heterocycles. The first-order valence-corrected chi connectivity index (χ1v) is 9.61. The van der Waals surface area contributed by atoms with Crippen molar-refractivity contribution >= 4 is 9.84 Å². The molecule has 1 N–H and O–H groups in total. The number of aliphatic hydroxyl groups is 1. The van der Waals surface area contributed by atoms with E-state index in [9.17, 15) is 26.7 Å². The molecule has 0 aromatic heterocycles. The van der Waals surface area contributed by atoms with Gasteiger partial charge in [0, 0.05) is 0 Å². The summed E-state index contributed by atoms with van der Waals surface area (Å²) >= 11 is 0. The average Bonchev–Trinajstić information content (AvgIpc) is 2.54. The van der Waals surface area contributed by atoms with Crippen LogP contribution in [0.3, 0.4) is 0 Å². The first-order chi connectivity index (χ1) is 12.0. The molecule has 0 aliphatic heterocycles. The lowest BCUT2D eigenvalue weighted by Gasteiger charge is -2.14. The minimum Gasteiger partial charge on any atom is -0.491 e. The molecule has 0 amide bonds. The van der Waals surface area contributed by atoms with E-state index >= 15 is 0 Å². The average molecular weight is 388 g/mol. The van der Waals surface area contributed by atoms with E-state index < -0.39 is 40.0 Å².